The van der Waals surface area contributed by atoms with Crippen molar-refractivity contribution >= 4 is 5.69 Å². The summed E-state index contributed by atoms with van der Waals surface area (Å²) in [6, 6.07) is 14.6. The van der Waals surface area contributed by atoms with E-state index in [0.717, 1.165) is 11.3 Å². The Morgan fingerprint density at radius 3 is 2.20 bits per heavy atom. The first kappa shape index (κ1) is 14.6. The topological polar surface area (TPSA) is 23.5 Å². The third-order valence-corrected chi connectivity index (χ3v) is 3.52. The SMILES string of the molecule is Cc1cc(C)cc(C(O)CN(C)c2cccc(C)c2)c1. The summed E-state index contributed by atoms with van der Waals surface area (Å²) in [5.41, 5.74) is 5.74. The molecular weight excluding hydrogens is 246 g/mol. The van der Waals surface area contributed by atoms with E-state index in [0.29, 0.717) is 6.54 Å². The van der Waals surface area contributed by atoms with Crippen LogP contribution >= 0.6 is 0 Å². The van der Waals surface area contributed by atoms with Gasteiger partial charge in [-0.25, -0.2) is 0 Å². The summed E-state index contributed by atoms with van der Waals surface area (Å²) in [5.74, 6) is 0. The largest absolute Gasteiger partial charge is 0.387 e. The van der Waals surface area contributed by atoms with Crippen LogP contribution in [0.15, 0.2) is 42.5 Å². The van der Waals surface area contributed by atoms with Gasteiger partial charge in [0.15, 0.2) is 0 Å². The number of hydrogen-bond donors (Lipinski definition) is 1. The molecule has 2 aromatic carbocycles. The Hall–Kier alpha value is -1.80. The normalized spacial score (nSPS) is 12.2. The van der Waals surface area contributed by atoms with Gasteiger partial charge in [0.25, 0.3) is 0 Å². The van der Waals surface area contributed by atoms with E-state index in [9.17, 15) is 5.11 Å². The number of rotatable bonds is 4. The van der Waals surface area contributed by atoms with Gasteiger partial charge in [0.05, 0.1) is 6.10 Å². The van der Waals surface area contributed by atoms with Crippen LogP contribution in [0.25, 0.3) is 0 Å². The van der Waals surface area contributed by atoms with Crippen LogP contribution in [0.2, 0.25) is 0 Å². The maximum Gasteiger partial charge on any atom is 0.0964 e. The van der Waals surface area contributed by atoms with E-state index in [2.05, 4.69) is 62.1 Å². The summed E-state index contributed by atoms with van der Waals surface area (Å²) in [6.45, 7) is 6.80. The minimum atomic E-state index is -0.473. The zero-order valence-electron chi connectivity index (χ0n) is 12.7. The Labute approximate surface area is 121 Å². The van der Waals surface area contributed by atoms with Crippen molar-refractivity contribution in [2.24, 2.45) is 0 Å². The number of aliphatic hydroxyl groups is 1. The van der Waals surface area contributed by atoms with E-state index in [-0.39, 0.29) is 0 Å². The van der Waals surface area contributed by atoms with Crippen LogP contribution in [0.4, 0.5) is 5.69 Å². The number of anilines is 1. The maximum absolute atomic E-state index is 10.4. The third kappa shape index (κ3) is 3.61. The first-order valence-electron chi connectivity index (χ1n) is 7.00. The van der Waals surface area contributed by atoms with Gasteiger partial charge in [-0.15, -0.1) is 0 Å². The lowest BCUT2D eigenvalue weighted by molar-refractivity contribution is 0.185. The van der Waals surface area contributed by atoms with Gasteiger partial charge in [-0.1, -0.05) is 41.5 Å². The highest BCUT2D eigenvalue weighted by molar-refractivity contribution is 5.48. The second-order valence-electron chi connectivity index (χ2n) is 5.66. The summed E-state index contributed by atoms with van der Waals surface area (Å²) in [7, 11) is 2.01. The fraction of sp³-hybridized carbons (Fsp3) is 0.333. The second-order valence-corrected chi connectivity index (χ2v) is 5.66. The van der Waals surface area contributed by atoms with Gasteiger partial charge in [-0.2, -0.15) is 0 Å². The van der Waals surface area contributed by atoms with E-state index in [1.807, 2.05) is 13.1 Å². The molecule has 2 aromatic rings. The lowest BCUT2D eigenvalue weighted by Gasteiger charge is -2.23. The van der Waals surface area contributed by atoms with Crippen molar-refractivity contribution in [1.29, 1.82) is 0 Å². The fourth-order valence-corrected chi connectivity index (χ4v) is 2.54. The summed E-state index contributed by atoms with van der Waals surface area (Å²) in [4.78, 5) is 2.09. The van der Waals surface area contributed by atoms with Crippen molar-refractivity contribution < 1.29 is 5.11 Å². The minimum Gasteiger partial charge on any atom is -0.387 e. The zero-order valence-corrected chi connectivity index (χ0v) is 12.7. The maximum atomic E-state index is 10.4. The Balaban J connectivity index is 2.12. The molecule has 0 aromatic heterocycles. The van der Waals surface area contributed by atoms with Gasteiger partial charge in [-0.05, 0) is 44.0 Å². The summed E-state index contributed by atoms with van der Waals surface area (Å²) in [5, 5.41) is 10.4. The van der Waals surface area contributed by atoms with Crippen LogP contribution in [-0.2, 0) is 0 Å². The minimum absolute atomic E-state index is 0.473. The molecule has 0 aliphatic carbocycles. The van der Waals surface area contributed by atoms with E-state index in [1.54, 1.807) is 0 Å². The highest BCUT2D eigenvalue weighted by Crippen LogP contribution is 2.21. The molecule has 1 atom stereocenters. The molecule has 1 unspecified atom stereocenters. The van der Waals surface area contributed by atoms with Gasteiger partial charge in [0.2, 0.25) is 0 Å². The summed E-state index contributed by atoms with van der Waals surface area (Å²) in [6.07, 6.45) is -0.473. The van der Waals surface area contributed by atoms with Gasteiger partial charge in [-0.3, -0.25) is 0 Å². The van der Waals surface area contributed by atoms with Crippen molar-refractivity contribution in [3.63, 3.8) is 0 Å². The van der Waals surface area contributed by atoms with Crippen molar-refractivity contribution in [1.82, 2.24) is 0 Å². The van der Waals surface area contributed by atoms with Gasteiger partial charge in [0.1, 0.15) is 0 Å². The molecule has 106 valence electrons. The van der Waals surface area contributed by atoms with Crippen molar-refractivity contribution in [2.75, 3.05) is 18.5 Å². The van der Waals surface area contributed by atoms with Crippen molar-refractivity contribution in [2.45, 2.75) is 26.9 Å². The van der Waals surface area contributed by atoms with Crippen molar-refractivity contribution in [3.8, 4) is 0 Å². The molecule has 0 spiro atoms. The molecule has 0 saturated carbocycles. The Kier molecular flexibility index (Phi) is 4.46. The Morgan fingerprint density at radius 2 is 1.60 bits per heavy atom. The molecule has 2 heteroatoms. The lowest BCUT2D eigenvalue weighted by Crippen LogP contribution is -2.24. The quantitative estimate of drug-likeness (QED) is 0.913. The number of hydrogen-bond acceptors (Lipinski definition) is 2. The molecule has 0 aliphatic rings. The summed E-state index contributed by atoms with van der Waals surface area (Å²) >= 11 is 0. The molecule has 0 radical (unpaired) electrons. The lowest BCUT2D eigenvalue weighted by atomic mass is 10.0. The molecule has 0 amide bonds. The molecule has 0 heterocycles. The molecule has 1 N–H and O–H groups in total. The first-order valence-corrected chi connectivity index (χ1v) is 7.00. The van der Waals surface area contributed by atoms with E-state index < -0.39 is 6.10 Å². The van der Waals surface area contributed by atoms with E-state index >= 15 is 0 Å². The monoisotopic (exact) mass is 269 g/mol. The van der Waals surface area contributed by atoms with Crippen LogP contribution in [0, 0.1) is 20.8 Å². The number of aliphatic hydroxyl groups excluding tert-OH is 1. The Bertz CT molecular complexity index is 571. The van der Waals surface area contributed by atoms with Gasteiger partial charge >= 0.3 is 0 Å². The number of aryl methyl sites for hydroxylation is 3. The third-order valence-electron chi connectivity index (χ3n) is 3.52. The molecule has 0 bridgehead atoms. The molecular formula is C18H23NO. The molecule has 2 rings (SSSR count). The number of benzene rings is 2. The van der Waals surface area contributed by atoms with Crippen LogP contribution < -0.4 is 4.90 Å². The highest BCUT2D eigenvalue weighted by Gasteiger charge is 2.12. The molecule has 0 saturated heterocycles. The van der Waals surface area contributed by atoms with Gasteiger partial charge < -0.3 is 10.0 Å². The molecule has 20 heavy (non-hydrogen) atoms. The van der Waals surface area contributed by atoms with Crippen LogP contribution in [0.5, 0.6) is 0 Å². The van der Waals surface area contributed by atoms with Crippen LogP contribution in [0.1, 0.15) is 28.4 Å². The fourth-order valence-electron chi connectivity index (χ4n) is 2.54. The highest BCUT2D eigenvalue weighted by atomic mass is 16.3. The van der Waals surface area contributed by atoms with Crippen LogP contribution in [-0.4, -0.2) is 18.7 Å². The van der Waals surface area contributed by atoms with Crippen LogP contribution in [0.3, 0.4) is 0 Å². The number of nitrogens with zero attached hydrogens (tertiary/aromatic N) is 1. The average molecular weight is 269 g/mol. The summed E-state index contributed by atoms with van der Waals surface area (Å²) < 4.78 is 0. The molecule has 0 fully saturated rings. The predicted octanol–water partition coefficient (Wildman–Crippen LogP) is 3.78. The first-order chi connectivity index (χ1) is 9.45. The van der Waals surface area contributed by atoms with Gasteiger partial charge in [0, 0.05) is 19.3 Å². The van der Waals surface area contributed by atoms with Crippen molar-refractivity contribution in [3.05, 3.63) is 64.7 Å². The second kappa shape index (κ2) is 6.10. The predicted molar refractivity (Wildman–Crippen MR) is 85.3 cm³/mol. The Morgan fingerprint density at radius 1 is 0.950 bits per heavy atom. The average Bonchev–Trinajstić information content (AvgIpc) is 2.37. The zero-order chi connectivity index (χ0) is 14.7. The molecule has 2 nitrogen and oxygen atoms in total. The number of likely N-dealkylation sites (N-methyl/N-ethyl adjacent to an activating group) is 1. The smallest absolute Gasteiger partial charge is 0.0964 e. The molecule has 0 aliphatic heterocycles. The standard InChI is InChI=1S/C18H23NO/c1-13-6-5-7-17(11-13)19(4)12-18(20)16-9-14(2)8-15(3)10-16/h5-11,18,20H,12H2,1-4H3. The van der Waals surface area contributed by atoms with E-state index in [4.69, 9.17) is 0 Å². The van der Waals surface area contributed by atoms with E-state index in [1.165, 1.54) is 16.7 Å².